The third kappa shape index (κ3) is 4.15. The summed E-state index contributed by atoms with van der Waals surface area (Å²) in [6.07, 6.45) is 5.58. The van der Waals surface area contributed by atoms with Crippen LogP contribution in [0.1, 0.15) is 16.8 Å². The van der Waals surface area contributed by atoms with Crippen molar-refractivity contribution < 1.29 is 9.13 Å². The molecule has 0 saturated heterocycles. The van der Waals surface area contributed by atoms with Gasteiger partial charge in [0.25, 0.3) is 0 Å². The van der Waals surface area contributed by atoms with Crippen LogP contribution in [0.2, 0.25) is 0 Å². The Hall–Kier alpha value is -2.97. The predicted octanol–water partition coefficient (Wildman–Crippen LogP) is 3.94. The van der Waals surface area contributed by atoms with Gasteiger partial charge in [-0.3, -0.25) is 4.98 Å². The topological polar surface area (TPSA) is 64.9 Å². The van der Waals surface area contributed by atoms with Gasteiger partial charge in [-0.25, -0.2) is 14.4 Å². The van der Waals surface area contributed by atoms with Crippen molar-refractivity contribution in [2.45, 2.75) is 31.4 Å². The second-order valence-corrected chi connectivity index (χ2v) is 8.16. The van der Waals surface area contributed by atoms with E-state index in [0.717, 1.165) is 39.7 Å². The lowest BCUT2D eigenvalue weighted by molar-refractivity contribution is 0.290. The summed E-state index contributed by atoms with van der Waals surface area (Å²) in [6.45, 7) is 2.59. The van der Waals surface area contributed by atoms with E-state index in [1.165, 1.54) is 12.1 Å². The minimum Gasteiger partial charge on any atom is -0.472 e. The van der Waals surface area contributed by atoms with Crippen molar-refractivity contribution >= 4 is 22.7 Å². The maximum absolute atomic E-state index is 13.7. The molecular formula is C22H20FN5OS. The highest BCUT2D eigenvalue weighted by atomic mass is 32.2. The Labute approximate surface area is 177 Å². The molecule has 8 heteroatoms. The van der Waals surface area contributed by atoms with Crippen molar-refractivity contribution in [3.05, 3.63) is 77.6 Å². The number of hydrogen-bond acceptors (Lipinski definition) is 6. The normalized spacial score (nSPS) is 13.0. The second kappa shape index (κ2) is 8.41. The van der Waals surface area contributed by atoms with Gasteiger partial charge in [0.05, 0.1) is 11.2 Å². The third-order valence-electron chi connectivity index (χ3n) is 4.89. The Morgan fingerprint density at radius 3 is 3.00 bits per heavy atom. The molecule has 4 heterocycles. The monoisotopic (exact) mass is 421 g/mol. The highest BCUT2D eigenvalue weighted by Gasteiger charge is 2.15. The van der Waals surface area contributed by atoms with Gasteiger partial charge < -0.3 is 14.6 Å². The zero-order valence-corrected chi connectivity index (χ0v) is 17.0. The number of aromatic nitrogens is 4. The minimum absolute atomic E-state index is 0.315. The highest BCUT2D eigenvalue weighted by Crippen LogP contribution is 2.26. The summed E-state index contributed by atoms with van der Waals surface area (Å²) in [5, 5.41) is 5.39. The molecule has 0 amide bonds. The van der Waals surface area contributed by atoms with Crippen molar-refractivity contribution in [3.63, 3.8) is 0 Å². The van der Waals surface area contributed by atoms with Gasteiger partial charge in [-0.2, -0.15) is 0 Å². The average molecular weight is 422 g/mol. The molecule has 1 aliphatic rings. The van der Waals surface area contributed by atoms with E-state index < -0.39 is 0 Å². The van der Waals surface area contributed by atoms with Gasteiger partial charge >= 0.3 is 0 Å². The Kier molecular flexibility index (Phi) is 5.33. The molecule has 0 fully saturated rings. The fourth-order valence-corrected chi connectivity index (χ4v) is 4.39. The van der Waals surface area contributed by atoms with E-state index in [4.69, 9.17) is 4.74 Å². The van der Waals surface area contributed by atoms with Gasteiger partial charge in [0.15, 0.2) is 5.16 Å². The lowest BCUT2D eigenvalue weighted by Gasteiger charge is -2.13. The van der Waals surface area contributed by atoms with Crippen molar-refractivity contribution in [3.8, 4) is 5.88 Å². The number of rotatable bonds is 7. The summed E-state index contributed by atoms with van der Waals surface area (Å²) < 4.78 is 21.8. The summed E-state index contributed by atoms with van der Waals surface area (Å²) in [5.74, 6) is 1.27. The minimum atomic E-state index is -0.315. The van der Waals surface area contributed by atoms with Gasteiger partial charge in [0, 0.05) is 66.6 Å². The van der Waals surface area contributed by atoms with Gasteiger partial charge in [-0.05, 0) is 24.3 Å². The molecule has 0 spiro atoms. The first-order valence-electron chi connectivity index (χ1n) is 9.75. The van der Waals surface area contributed by atoms with Gasteiger partial charge in [-0.15, -0.1) is 0 Å². The molecule has 4 aromatic rings. The Morgan fingerprint density at radius 1 is 1.17 bits per heavy atom. The summed E-state index contributed by atoms with van der Waals surface area (Å²) in [5.41, 5.74) is 3.45. The molecule has 6 nitrogen and oxygen atoms in total. The third-order valence-corrected chi connectivity index (χ3v) is 5.86. The average Bonchev–Trinajstić information content (AvgIpc) is 3.35. The number of halogens is 1. The van der Waals surface area contributed by atoms with Gasteiger partial charge in [0.2, 0.25) is 5.88 Å². The number of aryl methyl sites for hydroxylation is 1. The number of hydrogen-bond donors (Lipinski definition) is 1. The molecule has 0 saturated carbocycles. The zero-order chi connectivity index (χ0) is 20.3. The number of nitrogens with one attached hydrogen (secondary N) is 1. The summed E-state index contributed by atoms with van der Waals surface area (Å²) >= 11 is 1.79. The van der Waals surface area contributed by atoms with Gasteiger partial charge in [-0.1, -0.05) is 17.8 Å². The number of thioether (sulfide) groups is 1. The first-order chi connectivity index (χ1) is 14.7. The number of fused-ring (bicyclic) bond motifs is 2. The quantitative estimate of drug-likeness (QED) is 0.488. The van der Waals surface area contributed by atoms with E-state index in [0.29, 0.717) is 31.1 Å². The number of benzene rings is 1. The molecule has 5 rings (SSSR count). The smallest absolute Gasteiger partial charge is 0.218 e. The fraction of sp³-hybridized carbons (Fsp3) is 0.227. The Balaban J connectivity index is 1.34. The van der Waals surface area contributed by atoms with Crippen LogP contribution in [0.15, 0.2) is 60.1 Å². The summed E-state index contributed by atoms with van der Waals surface area (Å²) in [6, 6.07) is 10.4. The van der Waals surface area contributed by atoms with E-state index in [-0.39, 0.29) is 5.82 Å². The number of nitrogens with zero attached hydrogens (tertiary/aromatic N) is 4. The van der Waals surface area contributed by atoms with Crippen LogP contribution in [0.4, 0.5) is 4.39 Å². The first-order valence-corrected chi connectivity index (χ1v) is 10.7. The number of imidazole rings is 1. The number of pyridine rings is 2. The molecule has 0 aliphatic carbocycles. The Bertz CT molecular complexity index is 1160. The molecule has 3 aromatic heterocycles. The maximum Gasteiger partial charge on any atom is 0.218 e. The lowest BCUT2D eigenvalue weighted by Crippen LogP contribution is -2.14. The van der Waals surface area contributed by atoms with E-state index in [1.54, 1.807) is 30.2 Å². The van der Waals surface area contributed by atoms with Crippen molar-refractivity contribution in [1.29, 1.82) is 0 Å². The van der Waals surface area contributed by atoms with Crippen LogP contribution >= 0.6 is 11.8 Å². The van der Waals surface area contributed by atoms with Crippen molar-refractivity contribution in [1.82, 2.24) is 24.8 Å². The molecule has 0 bridgehead atoms. The summed E-state index contributed by atoms with van der Waals surface area (Å²) in [7, 11) is 0. The van der Waals surface area contributed by atoms with Crippen molar-refractivity contribution in [2.75, 3.05) is 5.75 Å². The largest absolute Gasteiger partial charge is 0.472 e. The van der Waals surface area contributed by atoms with E-state index in [1.807, 2.05) is 18.2 Å². The Morgan fingerprint density at radius 2 is 2.13 bits per heavy atom. The van der Waals surface area contributed by atoms with Crippen LogP contribution in [0, 0.1) is 5.82 Å². The SMILES string of the molecule is Fc1ccc2cc(CNCc3cn4c(n3)SCC4)c(OCc3cccnc3)nc2c1. The van der Waals surface area contributed by atoms with Gasteiger partial charge in [0.1, 0.15) is 12.4 Å². The van der Waals surface area contributed by atoms with Crippen molar-refractivity contribution in [2.24, 2.45) is 0 Å². The molecule has 1 aliphatic heterocycles. The predicted molar refractivity (Wildman–Crippen MR) is 114 cm³/mol. The zero-order valence-electron chi connectivity index (χ0n) is 16.2. The molecular weight excluding hydrogens is 401 g/mol. The number of ether oxygens (including phenoxy) is 1. The van der Waals surface area contributed by atoms with Crippen LogP contribution < -0.4 is 10.1 Å². The summed E-state index contributed by atoms with van der Waals surface area (Å²) in [4.78, 5) is 13.3. The van der Waals surface area contributed by atoms with E-state index in [2.05, 4.69) is 31.0 Å². The van der Waals surface area contributed by atoms with Crippen LogP contribution in [0.5, 0.6) is 5.88 Å². The molecule has 0 atom stereocenters. The molecule has 1 N–H and O–H groups in total. The fourth-order valence-electron chi connectivity index (χ4n) is 3.43. The second-order valence-electron chi connectivity index (χ2n) is 7.10. The first kappa shape index (κ1) is 19.0. The maximum atomic E-state index is 13.7. The standard InChI is InChI=1S/C22H20FN5OS/c23-18-4-3-16-8-17(11-25-12-19-13-28-6-7-30-22(28)26-19)21(27-20(16)9-18)29-14-15-2-1-5-24-10-15/h1-5,8-10,13,25H,6-7,11-12,14H2. The molecule has 0 unspecified atom stereocenters. The molecule has 30 heavy (non-hydrogen) atoms. The van der Waals surface area contributed by atoms with E-state index in [9.17, 15) is 4.39 Å². The van der Waals surface area contributed by atoms with Crippen LogP contribution in [-0.2, 0) is 26.2 Å². The highest BCUT2D eigenvalue weighted by molar-refractivity contribution is 7.99. The molecule has 0 radical (unpaired) electrons. The van der Waals surface area contributed by atoms with Crippen LogP contribution in [0.3, 0.4) is 0 Å². The van der Waals surface area contributed by atoms with Crippen LogP contribution in [0.25, 0.3) is 10.9 Å². The lowest BCUT2D eigenvalue weighted by atomic mass is 10.1. The van der Waals surface area contributed by atoms with Crippen LogP contribution in [-0.4, -0.2) is 25.3 Å². The van der Waals surface area contributed by atoms with E-state index >= 15 is 0 Å². The molecule has 1 aromatic carbocycles. The molecule has 152 valence electrons.